The Morgan fingerprint density at radius 1 is 0.857 bits per heavy atom. The SMILES string of the molecule is O=c1cc(COc2ccco2)oc(COc2ccco2)c1. The van der Waals surface area contributed by atoms with Gasteiger partial charge in [-0.2, -0.15) is 0 Å². The summed E-state index contributed by atoms with van der Waals surface area (Å²) in [4.78, 5) is 11.6. The zero-order valence-electron chi connectivity index (χ0n) is 11.0. The smallest absolute Gasteiger partial charge is 0.284 e. The number of hydrogen-bond acceptors (Lipinski definition) is 6. The molecule has 0 atom stereocenters. The highest BCUT2D eigenvalue weighted by Crippen LogP contribution is 2.15. The standard InChI is InChI=1S/C15H12O6/c16-11-7-12(9-19-14-3-1-5-17-14)21-13(8-11)10-20-15-4-2-6-18-15/h1-8H,9-10H2. The Hall–Kier alpha value is -2.89. The van der Waals surface area contributed by atoms with E-state index < -0.39 is 0 Å². The molecule has 0 saturated heterocycles. The molecule has 0 radical (unpaired) electrons. The molecule has 3 aromatic heterocycles. The average Bonchev–Trinajstić information content (AvgIpc) is 3.16. The molecule has 108 valence electrons. The second-order valence-corrected chi connectivity index (χ2v) is 4.17. The molecule has 0 aliphatic heterocycles. The first-order chi connectivity index (χ1) is 10.3. The van der Waals surface area contributed by atoms with Crippen LogP contribution >= 0.6 is 0 Å². The molecule has 3 rings (SSSR count). The molecular weight excluding hydrogens is 276 g/mol. The van der Waals surface area contributed by atoms with E-state index in [0.29, 0.717) is 23.4 Å². The Morgan fingerprint density at radius 3 is 1.81 bits per heavy atom. The first-order valence-corrected chi connectivity index (χ1v) is 6.25. The van der Waals surface area contributed by atoms with Crippen LogP contribution in [0, 0.1) is 0 Å². The van der Waals surface area contributed by atoms with Gasteiger partial charge < -0.3 is 22.7 Å². The van der Waals surface area contributed by atoms with Crippen LogP contribution in [0.5, 0.6) is 11.9 Å². The fourth-order valence-corrected chi connectivity index (χ4v) is 1.70. The van der Waals surface area contributed by atoms with Gasteiger partial charge in [-0.3, -0.25) is 4.79 Å². The largest absolute Gasteiger partial charge is 0.459 e. The minimum absolute atomic E-state index is 0.0946. The molecule has 3 aromatic rings. The van der Waals surface area contributed by atoms with Crippen molar-refractivity contribution in [2.24, 2.45) is 0 Å². The van der Waals surface area contributed by atoms with Gasteiger partial charge in [0.05, 0.1) is 12.5 Å². The van der Waals surface area contributed by atoms with Crippen LogP contribution in [-0.2, 0) is 13.2 Å². The maximum absolute atomic E-state index is 11.6. The van der Waals surface area contributed by atoms with Gasteiger partial charge in [-0.25, -0.2) is 0 Å². The molecule has 6 heteroatoms. The molecule has 3 heterocycles. The molecule has 0 saturated carbocycles. The average molecular weight is 288 g/mol. The lowest BCUT2D eigenvalue weighted by Gasteiger charge is -2.05. The Kier molecular flexibility index (Phi) is 3.77. The van der Waals surface area contributed by atoms with Crippen molar-refractivity contribution in [3.05, 3.63) is 70.7 Å². The second kappa shape index (κ2) is 6.04. The first-order valence-electron chi connectivity index (χ1n) is 6.25. The van der Waals surface area contributed by atoms with Gasteiger partial charge in [0.1, 0.15) is 24.7 Å². The molecule has 0 unspecified atom stereocenters. The summed E-state index contributed by atoms with van der Waals surface area (Å²) in [5.74, 6) is 1.48. The molecule has 0 fully saturated rings. The summed E-state index contributed by atoms with van der Waals surface area (Å²) in [6.07, 6.45) is 3.00. The Morgan fingerprint density at radius 2 is 1.38 bits per heavy atom. The second-order valence-electron chi connectivity index (χ2n) is 4.17. The molecule has 21 heavy (non-hydrogen) atoms. The zero-order valence-corrected chi connectivity index (χ0v) is 11.0. The van der Waals surface area contributed by atoms with Crippen LogP contribution in [0.1, 0.15) is 11.5 Å². The predicted octanol–water partition coefficient (Wildman–Crippen LogP) is 2.98. The highest BCUT2D eigenvalue weighted by molar-refractivity contribution is 5.09. The van der Waals surface area contributed by atoms with Crippen molar-refractivity contribution in [1.82, 2.24) is 0 Å². The minimum atomic E-state index is -0.183. The number of rotatable bonds is 6. The first kappa shape index (κ1) is 13.1. The zero-order chi connectivity index (χ0) is 14.5. The van der Waals surface area contributed by atoms with E-state index in [2.05, 4.69) is 0 Å². The summed E-state index contributed by atoms with van der Waals surface area (Å²) in [5, 5.41) is 0. The molecule has 0 aliphatic rings. The molecule has 0 aliphatic carbocycles. The molecule has 6 nitrogen and oxygen atoms in total. The quantitative estimate of drug-likeness (QED) is 0.694. The van der Waals surface area contributed by atoms with E-state index in [1.54, 1.807) is 24.3 Å². The topological polar surface area (TPSA) is 75.0 Å². The monoisotopic (exact) mass is 288 g/mol. The van der Waals surface area contributed by atoms with E-state index in [9.17, 15) is 4.79 Å². The van der Waals surface area contributed by atoms with E-state index in [4.69, 9.17) is 22.7 Å². The van der Waals surface area contributed by atoms with Gasteiger partial charge in [-0.05, 0) is 12.1 Å². The van der Waals surface area contributed by atoms with Crippen LogP contribution in [0.25, 0.3) is 0 Å². The van der Waals surface area contributed by atoms with Crippen LogP contribution in [-0.4, -0.2) is 0 Å². The predicted molar refractivity (Wildman–Crippen MR) is 71.1 cm³/mol. The van der Waals surface area contributed by atoms with E-state index in [1.165, 1.54) is 24.7 Å². The summed E-state index contributed by atoms with van der Waals surface area (Å²) in [6.45, 7) is 0.189. The van der Waals surface area contributed by atoms with Crippen LogP contribution in [0.3, 0.4) is 0 Å². The number of hydrogen-bond donors (Lipinski definition) is 0. The summed E-state index contributed by atoms with van der Waals surface area (Å²) in [7, 11) is 0. The molecule has 0 N–H and O–H groups in total. The van der Waals surface area contributed by atoms with Gasteiger partial charge in [-0.1, -0.05) is 0 Å². The van der Waals surface area contributed by atoms with Gasteiger partial charge in [0.15, 0.2) is 5.43 Å². The van der Waals surface area contributed by atoms with Crippen molar-refractivity contribution < 1.29 is 22.7 Å². The van der Waals surface area contributed by atoms with E-state index in [-0.39, 0.29) is 18.6 Å². The van der Waals surface area contributed by atoms with Crippen molar-refractivity contribution in [2.45, 2.75) is 13.2 Å². The maximum atomic E-state index is 11.6. The maximum Gasteiger partial charge on any atom is 0.284 e. The van der Waals surface area contributed by atoms with E-state index >= 15 is 0 Å². The summed E-state index contributed by atoms with van der Waals surface area (Å²) < 4.78 is 26.3. The van der Waals surface area contributed by atoms with Gasteiger partial charge in [0.25, 0.3) is 11.9 Å². The van der Waals surface area contributed by atoms with E-state index in [1.807, 2.05) is 0 Å². The number of ether oxygens (including phenoxy) is 2. The van der Waals surface area contributed by atoms with Crippen molar-refractivity contribution in [3.8, 4) is 11.9 Å². The van der Waals surface area contributed by atoms with Crippen molar-refractivity contribution in [2.75, 3.05) is 0 Å². The van der Waals surface area contributed by atoms with Crippen LogP contribution in [0.15, 0.2) is 67.0 Å². The molecule has 0 aromatic carbocycles. The third-order valence-electron chi connectivity index (χ3n) is 2.57. The van der Waals surface area contributed by atoms with Gasteiger partial charge in [0.2, 0.25) is 0 Å². The fourth-order valence-electron chi connectivity index (χ4n) is 1.70. The van der Waals surface area contributed by atoms with E-state index in [0.717, 1.165) is 0 Å². The Balaban J connectivity index is 1.65. The highest BCUT2D eigenvalue weighted by atomic mass is 16.6. The lowest BCUT2D eigenvalue weighted by atomic mass is 10.3. The third kappa shape index (κ3) is 3.56. The molecule has 0 bridgehead atoms. The van der Waals surface area contributed by atoms with Crippen LogP contribution in [0.4, 0.5) is 0 Å². The van der Waals surface area contributed by atoms with Crippen molar-refractivity contribution in [3.63, 3.8) is 0 Å². The lowest BCUT2D eigenvalue weighted by molar-refractivity contribution is 0.184. The lowest BCUT2D eigenvalue weighted by Crippen LogP contribution is -2.07. The molecule has 0 amide bonds. The van der Waals surface area contributed by atoms with Crippen LogP contribution in [0.2, 0.25) is 0 Å². The van der Waals surface area contributed by atoms with Gasteiger partial charge in [-0.15, -0.1) is 0 Å². The highest BCUT2D eigenvalue weighted by Gasteiger charge is 2.06. The normalized spacial score (nSPS) is 10.5. The number of furan rings is 2. The Bertz CT molecular complexity index is 664. The molecular formula is C15H12O6. The minimum Gasteiger partial charge on any atom is -0.459 e. The Labute approximate surface area is 119 Å². The summed E-state index contributed by atoms with van der Waals surface area (Å²) in [5.41, 5.74) is -0.183. The summed E-state index contributed by atoms with van der Waals surface area (Å²) >= 11 is 0. The van der Waals surface area contributed by atoms with Crippen molar-refractivity contribution in [1.29, 1.82) is 0 Å². The fraction of sp³-hybridized carbons (Fsp3) is 0.133. The third-order valence-corrected chi connectivity index (χ3v) is 2.57. The molecule has 0 spiro atoms. The van der Waals surface area contributed by atoms with Gasteiger partial charge in [0, 0.05) is 24.3 Å². The van der Waals surface area contributed by atoms with Gasteiger partial charge >= 0.3 is 0 Å². The van der Waals surface area contributed by atoms with Crippen LogP contribution < -0.4 is 14.9 Å². The summed E-state index contributed by atoms with van der Waals surface area (Å²) in [6, 6.07) is 9.47. The van der Waals surface area contributed by atoms with Crippen molar-refractivity contribution >= 4 is 0 Å².